The van der Waals surface area contributed by atoms with Crippen molar-refractivity contribution in [3.05, 3.63) is 81.9 Å². The summed E-state index contributed by atoms with van der Waals surface area (Å²) in [4.78, 5) is 49.4. The second kappa shape index (κ2) is 18.4. The molecule has 14 nitrogen and oxygen atoms in total. The molecule has 1 atom stereocenters. The fourth-order valence-electron chi connectivity index (χ4n) is 10.3. The minimum absolute atomic E-state index is 0.0648. The van der Waals surface area contributed by atoms with E-state index in [1.807, 2.05) is 24.0 Å². The molecule has 2 aromatic heterocycles. The molecule has 348 valence electrons. The molecule has 0 radical (unpaired) electrons. The molecule has 4 aliphatic heterocycles. The van der Waals surface area contributed by atoms with Gasteiger partial charge in [-0.05, 0) is 123 Å². The zero-order chi connectivity index (χ0) is 46.5. The van der Waals surface area contributed by atoms with Crippen molar-refractivity contribution >= 4 is 85.6 Å². The topological polar surface area (TPSA) is 158 Å². The molecule has 4 saturated heterocycles. The van der Waals surface area contributed by atoms with Gasteiger partial charge in [-0.2, -0.15) is 4.98 Å². The molecule has 0 unspecified atom stereocenters. The van der Waals surface area contributed by atoms with Gasteiger partial charge in [-0.3, -0.25) is 14.9 Å². The van der Waals surface area contributed by atoms with E-state index in [9.17, 15) is 14.2 Å². The molecular weight excluding hydrogens is 929 g/mol. The van der Waals surface area contributed by atoms with Crippen LogP contribution < -0.4 is 35.8 Å². The summed E-state index contributed by atoms with van der Waals surface area (Å²) in [5.41, 5.74) is 4.96. The van der Waals surface area contributed by atoms with Gasteiger partial charge in [0.05, 0.1) is 34.4 Å². The van der Waals surface area contributed by atoms with Crippen LogP contribution in [0.4, 0.5) is 43.3 Å². The predicted molar refractivity (Wildman–Crippen MR) is 259 cm³/mol. The van der Waals surface area contributed by atoms with Gasteiger partial charge in [-0.15, -0.1) is 0 Å². The van der Waals surface area contributed by atoms with Crippen molar-refractivity contribution in [2.24, 2.45) is 11.3 Å². The number of imide groups is 1. The van der Waals surface area contributed by atoms with Crippen molar-refractivity contribution in [1.82, 2.24) is 30.2 Å². The van der Waals surface area contributed by atoms with E-state index in [2.05, 4.69) is 75.7 Å². The number of rotatable bonds is 12. The molecule has 6 heterocycles. The molecule has 0 saturated carbocycles. The Hall–Kier alpha value is -5.25. The van der Waals surface area contributed by atoms with Gasteiger partial charge in [0.1, 0.15) is 36.2 Å². The quantitative estimate of drug-likeness (QED) is 0.0810. The summed E-state index contributed by atoms with van der Waals surface area (Å²) in [6.07, 6.45) is 8.84. The van der Waals surface area contributed by atoms with Gasteiger partial charge in [0.2, 0.25) is 17.8 Å². The highest BCUT2D eigenvalue weighted by molar-refractivity contribution is 9.10. The van der Waals surface area contributed by atoms with Crippen molar-refractivity contribution in [2.45, 2.75) is 64.7 Å². The third-order valence-corrected chi connectivity index (χ3v) is 16.1. The third-order valence-electron chi connectivity index (χ3n) is 14.0. The Morgan fingerprint density at radius 1 is 0.924 bits per heavy atom. The van der Waals surface area contributed by atoms with Gasteiger partial charge < -0.3 is 34.6 Å². The first kappa shape index (κ1) is 45.9. The fraction of sp³-hybridized carbons (Fsp3) is 0.458. The van der Waals surface area contributed by atoms with Crippen molar-refractivity contribution in [3.8, 4) is 5.75 Å². The highest BCUT2D eigenvalue weighted by Crippen LogP contribution is 2.45. The maximum absolute atomic E-state index is 15.2. The number of nitrogens with one attached hydrogen (secondary N) is 3. The molecule has 3 aromatic carbocycles. The molecule has 5 aromatic rings. The molecule has 0 bridgehead atoms. The number of hydrogen-bond acceptors (Lipinski definition) is 13. The molecule has 2 amide bonds. The Kier molecular flexibility index (Phi) is 12.8. The number of fused-ring (bicyclic) bond motifs is 1. The van der Waals surface area contributed by atoms with Crippen LogP contribution in [-0.4, -0.2) is 103 Å². The Morgan fingerprint density at radius 3 is 2.30 bits per heavy atom. The van der Waals surface area contributed by atoms with Crippen LogP contribution in [0, 0.1) is 29.9 Å². The monoisotopic (exact) mass is 984 g/mol. The van der Waals surface area contributed by atoms with E-state index in [0.717, 1.165) is 105 Å². The molecule has 18 heteroatoms. The van der Waals surface area contributed by atoms with Crippen molar-refractivity contribution in [1.29, 1.82) is 0 Å². The molecule has 4 aliphatic rings. The van der Waals surface area contributed by atoms with Crippen LogP contribution in [0.15, 0.2) is 53.3 Å². The molecule has 4 fully saturated rings. The van der Waals surface area contributed by atoms with Gasteiger partial charge >= 0.3 is 0 Å². The van der Waals surface area contributed by atoms with Gasteiger partial charge in [0.25, 0.3) is 0 Å². The number of ether oxygens (including phenoxy) is 1. The molecule has 66 heavy (non-hydrogen) atoms. The van der Waals surface area contributed by atoms with Gasteiger partial charge in [0, 0.05) is 97.6 Å². The number of halogens is 3. The van der Waals surface area contributed by atoms with E-state index in [4.69, 9.17) is 9.72 Å². The Bertz CT molecular complexity index is 2730. The summed E-state index contributed by atoms with van der Waals surface area (Å²) in [5, 5.41) is 10.4. The van der Waals surface area contributed by atoms with Crippen molar-refractivity contribution < 1.29 is 27.7 Å². The fourth-order valence-corrected chi connectivity index (χ4v) is 12.0. The lowest BCUT2D eigenvalue weighted by Crippen LogP contribution is -2.54. The highest BCUT2D eigenvalue weighted by Gasteiger charge is 2.40. The summed E-state index contributed by atoms with van der Waals surface area (Å²) in [6.45, 7) is 14.0. The lowest BCUT2D eigenvalue weighted by molar-refractivity contribution is -0.134. The first-order valence-corrected chi connectivity index (χ1v) is 26.1. The molecule has 3 N–H and O–H groups in total. The van der Waals surface area contributed by atoms with Crippen molar-refractivity contribution in [2.75, 3.05) is 86.7 Å². The summed E-state index contributed by atoms with van der Waals surface area (Å²) in [6, 6.07) is 10.6. The van der Waals surface area contributed by atoms with Crippen molar-refractivity contribution in [3.63, 3.8) is 0 Å². The lowest BCUT2D eigenvalue weighted by atomic mass is 9.71. The maximum Gasteiger partial charge on any atom is 0.234 e. The zero-order valence-corrected chi connectivity index (χ0v) is 40.5. The molecule has 9 rings (SSSR count). The summed E-state index contributed by atoms with van der Waals surface area (Å²) >= 11 is 3.60. The highest BCUT2D eigenvalue weighted by atomic mass is 79.9. The minimum atomic E-state index is -2.78. The summed E-state index contributed by atoms with van der Waals surface area (Å²) < 4.78 is 50.6. The first-order chi connectivity index (χ1) is 31.6. The Morgan fingerprint density at radius 2 is 1.64 bits per heavy atom. The second-order valence-corrected chi connectivity index (χ2v) is 22.8. The number of hydrogen-bond donors (Lipinski definition) is 3. The largest absolute Gasteiger partial charge is 0.494 e. The molecule has 1 spiro atoms. The SMILES string of the molecule is CCc1ncc2c(P(C)(C)=O)c(Nc3nc(Nc4cc(C)c(N5CCC6(CCN(CC7CN(c8cc(F)c([C@H]9CCC(=O)NC9=O)c(F)c8)C7)CC6)CC5)cc4OC)ncc3Br)ccc2n1. The van der Waals surface area contributed by atoms with Gasteiger partial charge in [-0.25, -0.2) is 23.7 Å². The average molecular weight is 986 g/mol. The molecule has 0 aliphatic carbocycles. The number of likely N-dealkylation sites (tertiary alicyclic amines) is 1. The third kappa shape index (κ3) is 9.35. The number of methoxy groups -OCH3 is 1. The Labute approximate surface area is 392 Å². The van der Waals surface area contributed by atoms with Crippen LogP contribution in [0.5, 0.6) is 5.75 Å². The number of amides is 2. The van der Waals surface area contributed by atoms with E-state index < -0.39 is 36.5 Å². The number of carbonyl (C=O) groups is 2. The predicted octanol–water partition coefficient (Wildman–Crippen LogP) is 8.41. The number of aromatic nitrogens is 4. The zero-order valence-electron chi connectivity index (χ0n) is 38.0. The normalized spacial score (nSPS) is 19.2. The molecular formula is C48H56BrF2N10O4P. The van der Waals surface area contributed by atoms with E-state index >= 15 is 8.78 Å². The number of benzene rings is 3. The number of nitrogens with zero attached hydrogens (tertiary/aromatic N) is 7. The number of carbonyl (C=O) groups excluding carboxylic acids is 2. The van der Waals surface area contributed by atoms with Crippen LogP contribution in [0.2, 0.25) is 0 Å². The van der Waals surface area contributed by atoms with Crippen LogP contribution in [0.25, 0.3) is 10.9 Å². The smallest absolute Gasteiger partial charge is 0.234 e. The van der Waals surface area contributed by atoms with Gasteiger partial charge in [0.15, 0.2) is 0 Å². The van der Waals surface area contributed by atoms with Gasteiger partial charge in [-0.1, -0.05) is 6.92 Å². The van der Waals surface area contributed by atoms with E-state index in [1.165, 1.54) is 12.1 Å². The van der Waals surface area contributed by atoms with E-state index in [1.54, 1.807) is 32.8 Å². The van der Waals surface area contributed by atoms with E-state index in [0.29, 0.717) is 56.4 Å². The summed E-state index contributed by atoms with van der Waals surface area (Å²) in [7, 11) is -1.11. The first-order valence-electron chi connectivity index (χ1n) is 22.7. The number of piperidine rings is 3. The Balaban J connectivity index is 0.789. The lowest BCUT2D eigenvalue weighted by Gasteiger charge is -2.49. The maximum atomic E-state index is 15.2. The van der Waals surface area contributed by atoms with Crippen LogP contribution >= 0.6 is 23.1 Å². The van der Waals surface area contributed by atoms with E-state index in [-0.39, 0.29) is 18.4 Å². The average Bonchev–Trinajstić information content (AvgIpc) is 3.27. The second-order valence-electron chi connectivity index (χ2n) is 18.7. The standard InChI is InChI=1S/C48H56BrF2N10O4P/c1-6-41-52-23-32-36(54-41)8-9-37(44(32)66(4,5)64)55-45-33(49)24-53-47(58-45)56-38-19-28(2)39(22-40(38)65-3)60-17-13-48(14-18-60)11-15-59(16-12-48)25-29-26-61(27-29)30-20-34(50)43(35(51)21-30)31-7-10-42(62)57-46(31)63/h8-9,19-24,29,31H,6-7,10-18,25-27H2,1-5H3,(H,57,62,63)(H2,53,55,56,58)/t31-/m1/s1. The van der Waals surface area contributed by atoms with Crippen LogP contribution in [0.3, 0.4) is 0 Å². The van der Waals surface area contributed by atoms with Crippen LogP contribution in [0.1, 0.15) is 68.3 Å². The minimum Gasteiger partial charge on any atom is -0.494 e. The number of aryl methyl sites for hydroxylation is 2. The van der Waals surface area contributed by atoms with Crippen LogP contribution in [-0.2, 0) is 20.6 Å². The summed E-state index contributed by atoms with van der Waals surface area (Å²) in [5.74, 6) is -0.837. The number of anilines is 6.